The molecule has 1 aliphatic rings. The topological polar surface area (TPSA) is 73.3 Å². The van der Waals surface area contributed by atoms with Crippen LogP contribution in [0, 0.1) is 11.2 Å². The summed E-state index contributed by atoms with van der Waals surface area (Å²) in [4.78, 5) is 2.08. The number of benzene rings is 1. The minimum Gasteiger partial charge on any atom is -0.396 e. The van der Waals surface area contributed by atoms with Crippen molar-refractivity contribution in [3.8, 4) is 0 Å². The molecule has 1 aliphatic heterocycles. The van der Waals surface area contributed by atoms with Crippen LogP contribution in [-0.2, 0) is 0 Å². The smallest absolute Gasteiger partial charge is 0.136 e. The van der Waals surface area contributed by atoms with Crippen LogP contribution in [0.3, 0.4) is 0 Å². The number of rotatable bonds is 4. The Morgan fingerprint density at radius 1 is 1.45 bits per heavy atom. The molecule has 2 rings (SSSR count). The number of halogens is 2. The first kappa shape index (κ1) is 16.7. The van der Waals surface area contributed by atoms with E-state index in [-0.39, 0.29) is 36.5 Å². The third-order valence-corrected chi connectivity index (χ3v) is 3.66. The molecule has 1 fully saturated rings. The van der Waals surface area contributed by atoms with Gasteiger partial charge in [-0.3, -0.25) is 5.41 Å². The lowest BCUT2D eigenvalue weighted by Crippen LogP contribution is -2.41. The van der Waals surface area contributed by atoms with Crippen LogP contribution < -0.4 is 10.6 Å². The molecule has 0 bridgehead atoms. The zero-order chi connectivity index (χ0) is 13.8. The van der Waals surface area contributed by atoms with Crippen LogP contribution in [0.15, 0.2) is 18.2 Å². The summed E-state index contributed by atoms with van der Waals surface area (Å²) in [5, 5.41) is 16.7. The molecule has 0 amide bonds. The van der Waals surface area contributed by atoms with E-state index in [9.17, 15) is 4.39 Å². The molecule has 0 aromatic heterocycles. The number of aliphatic hydroxyl groups excluding tert-OH is 1. The first-order valence-corrected chi connectivity index (χ1v) is 6.65. The lowest BCUT2D eigenvalue weighted by atomic mass is 9.97. The fourth-order valence-electron chi connectivity index (χ4n) is 2.79. The van der Waals surface area contributed by atoms with E-state index in [1.165, 1.54) is 6.07 Å². The molecule has 112 valence electrons. The van der Waals surface area contributed by atoms with Crippen LogP contribution >= 0.6 is 12.4 Å². The molecule has 1 atom stereocenters. The molecule has 0 spiro atoms. The van der Waals surface area contributed by atoms with Crippen LogP contribution in [0.2, 0.25) is 0 Å². The summed E-state index contributed by atoms with van der Waals surface area (Å²) in [6.45, 7) is 0.931. The zero-order valence-electron chi connectivity index (χ0n) is 11.3. The number of anilines is 1. The Balaban J connectivity index is 0.00000200. The Bertz CT molecular complexity index is 468. The van der Waals surface area contributed by atoms with Gasteiger partial charge in [0.25, 0.3) is 0 Å². The first-order valence-electron chi connectivity index (χ1n) is 6.65. The van der Waals surface area contributed by atoms with Crippen LogP contribution in [0.4, 0.5) is 10.1 Å². The molecule has 1 saturated heterocycles. The van der Waals surface area contributed by atoms with Crippen molar-refractivity contribution in [2.24, 2.45) is 5.73 Å². The van der Waals surface area contributed by atoms with E-state index >= 15 is 0 Å². The van der Waals surface area contributed by atoms with Gasteiger partial charge in [-0.15, -0.1) is 12.4 Å². The van der Waals surface area contributed by atoms with Gasteiger partial charge in [-0.2, -0.15) is 0 Å². The van der Waals surface area contributed by atoms with E-state index < -0.39 is 5.82 Å². The second-order valence-electron chi connectivity index (χ2n) is 4.90. The molecule has 1 aromatic carbocycles. The standard InChI is InChI=1S/C14H20FN3O.ClH/c15-11-5-3-6-12(13(11)14(16)17)18-8-2-1-4-10(18)7-9-19;/h3,5-6,10,19H,1-2,4,7-9H2,(H3,16,17);1H. The average molecular weight is 302 g/mol. The summed E-state index contributed by atoms with van der Waals surface area (Å²) in [6, 6.07) is 4.96. The fourth-order valence-corrected chi connectivity index (χ4v) is 2.79. The van der Waals surface area contributed by atoms with Gasteiger partial charge in [0, 0.05) is 19.2 Å². The van der Waals surface area contributed by atoms with Gasteiger partial charge < -0.3 is 15.7 Å². The van der Waals surface area contributed by atoms with Crippen molar-refractivity contribution in [3.05, 3.63) is 29.6 Å². The summed E-state index contributed by atoms with van der Waals surface area (Å²) in [6.07, 6.45) is 3.80. The highest BCUT2D eigenvalue weighted by Gasteiger charge is 2.25. The SMILES string of the molecule is Cl.N=C(N)c1c(F)cccc1N1CCCCC1CCO. The number of piperidine rings is 1. The maximum atomic E-state index is 13.9. The van der Waals surface area contributed by atoms with Gasteiger partial charge in [0.05, 0.1) is 11.3 Å². The lowest BCUT2D eigenvalue weighted by Gasteiger charge is -2.38. The highest BCUT2D eigenvalue weighted by Crippen LogP contribution is 2.30. The monoisotopic (exact) mass is 301 g/mol. The third kappa shape index (κ3) is 3.41. The van der Waals surface area contributed by atoms with Crippen LogP contribution in [0.25, 0.3) is 0 Å². The van der Waals surface area contributed by atoms with E-state index in [4.69, 9.17) is 16.2 Å². The van der Waals surface area contributed by atoms with Gasteiger partial charge in [-0.25, -0.2) is 4.39 Å². The maximum absolute atomic E-state index is 13.9. The quantitative estimate of drug-likeness (QED) is 0.590. The minimum atomic E-state index is -0.460. The van der Waals surface area contributed by atoms with Crippen molar-refractivity contribution >= 4 is 23.9 Å². The van der Waals surface area contributed by atoms with E-state index in [1.54, 1.807) is 12.1 Å². The third-order valence-electron chi connectivity index (χ3n) is 3.66. The van der Waals surface area contributed by atoms with Crippen molar-refractivity contribution in [3.63, 3.8) is 0 Å². The summed E-state index contributed by atoms with van der Waals surface area (Å²) < 4.78 is 13.9. The van der Waals surface area contributed by atoms with Crippen LogP contribution in [0.5, 0.6) is 0 Å². The molecule has 4 N–H and O–H groups in total. The number of nitrogens with one attached hydrogen (secondary N) is 1. The Morgan fingerprint density at radius 3 is 2.85 bits per heavy atom. The number of hydrogen-bond donors (Lipinski definition) is 3. The number of amidine groups is 1. The number of nitrogens with zero attached hydrogens (tertiary/aromatic N) is 1. The van der Waals surface area contributed by atoms with E-state index in [2.05, 4.69) is 4.90 Å². The van der Waals surface area contributed by atoms with Gasteiger partial charge in [0.1, 0.15) is 11.7 Å². The van der Waals surface area contributed by atoms with Crippen molar-refractivity contribution in [2.75, 3.05) is 18.1 Å². The molecule has 6 heteroatoms. The predicted octanol–water partition coefficient (Wildman–Crippen LogP) is 2.27. The highest BCUT2D eigenvalue weighted by atomic mass is 35.5. The first-order chi connectivity index (χ1) is 9.15. The summed E-state index contributed by atoms with van der Waals surface area (Å²) in [5.41, 5.74) is 6.35. The van der Waals surface area contributed by atoms with Gasteiger partial charge >= 0.3 is 0 Å². The molecule has 1 unspecified atom stereocenters. The summed E-state index contributed by atoms with van der Waals surface area (Å²) >= 11 is 0. The Morgan fingerprint density at radius 2 is 2.20 bits per heavy atom. The van der Waals surface area contributed by atoms with Crippen molar-refractivity contribution in [2.45, 2.75) is 31.7 Å². The highest BCUT2D eigenvalue weighted by molar-refractivity contribution is 6.00. The molecule has 4 nitrogen and oxygen atoms in total. The van der Waals surface area contributed by atoms with Crippen molar-refractivity contribution in [1.82, 2.24) is 0 Å². The summed E-state index contributed by atoms with van der Waals surface area (Å²) in [5.74, 6) is -0.709. The maximum Gasteiger partial charge on any atom is 0.136 e. The van der Waals surface area contributed by atoms with Crippen molar-refractivity contribution < 1.29 is 9.50 Å². The average Bonchev–Trinajstić information content (AvgIpc) is 2.39. The number of aliphatic hydroxyl groups is 1. The Labute approximate surface area is 124 Å². The number of nitrogens with two attached hydrogens (primary N) is 1. The van der Waals surface area contributed by atoms with Crippen LogP contribution in [-0.4, -0.2) is 30.1 Å². The molecule has 0 aliphatic carbocycles. The molecular formula is C14H21ClFN3O. The molecule has 1 heterocycles. The van der Waals surface area contributed by atoms with Gasteiger partial charge in [-0.1, -0.05) is 6.07 Å². The minimum absolute atomic E-state index is 0. The zero-order valence-corrected chi connectivity index (χ0v) is 12.1. The van der Waals surface area contributed by atoms with Crippen molar-refractivity contribution in [1.29, 1.82) is 5.41 Å². The number of nitrogen functional groups attached to an aromatic ring is 1. The Hall–Kier alpha value is -1.33. The van der Waals surface area contributed by atoms with Gasteiger partial charge in [0.2, 0.25) is 0 Å². The summed E-state index contributed by atoms with van der Waals surface area (Å²) in [7, 11) is 0. The van der Waals surface area contributed by atoms with Gasteiger partial charge in [-0.05, 0) is 37.8 Å². The number of hydrogen-bond acceptors (Lipinski definition) is 3. The predicted molar refractivity (Wildman–Crippen MR) is 81.4 cm³/mol. The van der Waals surface area contributed by atoms with Gasteiger partial charge in [0.15, 0.2) is 0 Å². The largest absolute Gasteiger partial charge is 0.396 e. The van der Waals surface area contributed by atoms with E-state index in [0.29, 0.717) is 12.1 Å². The molecule has 1 aromatic rings. The molecule has 20 heavy (non-hydrogen) atoms. The van der Waals surface area contributed by atoms with E-state index in [1.807, 2.05) is 0 Å². The lowest BCUT2D eigenvalue weighted by molar-refractivity contribution is 0.262. The second kappa shape index (κ2) is 7.45. The second-order valence-corrected chi connectivity index (χ2v) is 4.90. The molecular weight excluding hydrogens is 281 g/mol. The van der Waals surface area contributed by atoms with Crippen LogP contribution in [0.1, 0.15) is 31.2 Å². The Kier molecular flexibility index (Phi) is 6.23. The molecule has 0 radical (unpaired) electrons. The fraction of sp³-hybridized carbons (Fsp3) is 0.500. The normalized spacial score (nSPS) is 18.5. The van der Waals surface area contributed by atoms with E-state index in [0.717, 1.165) is 25.8 Å². The molecule has 0 saturated carbocycles.